The monoisotopic (exact) mass is 178 g/mol. The van der Waals surface area contributed by atoms with Gasteiger partial charge < -0.3 is 9.63 Å². The third-order valence-corrected chi connectivity index (χ3v) is 2.00. The number of hydrogen-bond donors (Lipinski definition) is 1. The first kappa shape index (κ1) is 8.19. The minimum absolute atomic E-state index is 0.0120. The van der Waals surface area contributed by atoms with Crippen LogP contribution in [0.1, 0.15) is 17.0 Å². The molecule has 4 heteroatoms. The maximum atomic E-state index is 9.11. The van der Waals surface area contributed by atoms with E-state index in [-0.39, 0.29) is 6.61 Å². The van der Waals surface area contributed by atoms with Gasteiger partial charge in [-0.2, -0.15) is 0 Å². The molecule has 0 fully saturated rings. The fourth-order valence-corrected chi connectivity index (χ4v) is 1.45. The summed E-state index contributed by atoms with van der Waals surface area (Å²) in [6.45, 7) is 3.68. The van der Waals surface area contributed by atoms with Gasteiger partial charge in [-0.15, -0.1) is 0 Å². The Morgan fingerprint density at radius 2 is 2.23 bits per heavy atom. The molecule has 0 aliphatic heterocycles. The third kappa shape index (κ3) is 1.19. The maximum Gasteiger partial charge on any atom is 0.258 e. The molecule has 0 aliphatic rings. The first-order valence-electron chi connectivity index (χ1n) is 4.05. The first-order valence-corrected chi connectivity index (χ1v) is 4.05. The summed E-state index contributed by atoms with van der Waals surface area (Å²) in [6.07, 6.45) is 0. The van der Waals surface area contributed by atoms with Gasteiger partial charge in [0, 0.05) is 5.69 Å². The Balaban J connectivity index is 2.85. The van der Waals surface area contributed by atoms with E-state index < -0.39 is 0 Å². The van der Waals surface area contributed by atoms with E-state index in [9.17, 15) is 0 Å². The number of aliphatic hydroxyl groups excluding tert-OH is 1. The maximum absolute atomic E-state index is 9.11. The molecule has 2 rings (SSSR count). The van der Waals surface area contributed by atoms with Gasteiger partial charge in [-0.05, 0) is 25.5 Å². The molecular weight excluding hydrogens is 168 g/mol. The highest BCUT2D eigenvalue weighted by molar-refractivity contribution is 5.79. The van der Waals surface area contributed by atoms with Gasteiger partial charge in [0.2, 0.25) is 0 Å². The molecule has 68 valence electrons. The zero-order chi connectivity index (χ0) is 9.42. The highest BCUT2D eigenvalue weighted by atomic mass is 16.5. The Hall–Kier alpha value is -1.42. The van der Waals surface area contributed by atoms with Crippen molar-refractivity contribution in [2.24, 2.45) is 0 Å². The summed E-state index contributed by atoms with van der Waals surface area (Å²) in [7, 11) is 0. The average molecular weight is 178 g/mol. The van der Waals surface area contributed by atoms with Crippen LogP contribution in [0.2, 0.25) is 0 Å². The molecule has 0 atom stereocenters. The van der Waals surface area contributed by atoms with Crippen molar-refractivity contribution in [3.8, 4) is 0 Å². The number of aryl methyl sites for hydroxylation is 2. The number of fused-ring (bicyclic) bond motifs is 1. The normalized spacial score (nSPS) is 11.0. The van der Waals surface area contributed by atoms with Crippen molar-refractivity contribution < 1.29 is 9.63 Å². The van der Waals surface area contributed by atoms with E-state index in [0.717, 1.165) is 22.3 Å². The third-order valence-electron chi connectivity index (χ3n) is 2.00. The minimum Gasteiger partial charge on any atom is -0.392 e. The lowest BCUT2D eigenvalue weighted by Crippen LogP contribution is -1.90. The van der Waals surface area contributed by atoms with Crippen LogP contribution >= 0.6 is 0 Å². The smallest absolute Gasteiger partial charge is 0.258 e. The molecule has 13 heavy (non-hydrogen) atoms. The summed E-state index contributed by atoms with van der Waals surface area (Å²) in [5.41, 5.74) is 2.92. The highest BCUT2D eigenvalue weighted by Crippen LogP contribution is 2.21. The van der Waals surface area contributed by atoms with Gasteiger partial charge in [0.15, 0.2) is 0 Å². The fourth-order valence-electron chi connectivity index (χ4n) is 1.45. The first-order chi connectivity index (χ1) is 6.22. The van der Waals surface area contributed by atoms with Crippen molar-refractivity contribution in [2.75, 3.05) is 0 Å². The molecule has 0 aliphatic carbocycles. The molecule has 0 radical (unpaired) electrons. The summed E-state index contributed by atoms with van der Waals surface area (Å²) in [5, 5.41) is 13.7. The molecule has 2 heterocycles. The second kappa shape index (κ2) is 2.81. The van der Waals surface area contributed by atoms with Gasteiger partial charge in [0.1, 0.15) is 0 Å². The molecule has 1 N–H and O–H groups in total. The van der Waals surface area contributed by atoms with Crippen LogP contribution in [-0.4, -0.2) is 15.2 Å². The molecule has 0 saturated heterocycles. The SMILES string of the molecule is Cc1cc(CO)c2c(C)noc2n1. The van der Waals surface area contributed by atoms with Crippen molar-refractivity contribution in [3.63, 3.8) is 0 Å². The van der Waals surface area contributed by atoms with Crippen molar-refractivity contribution in [1.29, 1.82) is 0 Å². The van der Waals surface area contributed by atoms with Crippen LogP contribution in [-0.2, 0) is 6.61 Å². The summed E-state index contributed by atoms with van der Waals surface area (Å²) >= 11 is 0. The molecule has 0 amide bonds. The Kier molecular flexibility index (Phi) is 1.77. The lowest BCUT2D eigenvalue weighted by molar-refractivity contribution is 0.283. The Morgan fingerprint density at radius 1 is 1.46 bits per heavy atom. The minimum atomic E-state index is -0.0120. The molecule has 0 bridgehead atoms. The van der Waals surface area contributed by atoms with E-state index >= 15 is 0 Å². The molecule has 0 spiro atoms. The number of pyridine rings is 1. The van der Waals surface area contributed by atoms with Crippen LogP contribution in [0.15, 0.2) is 10.6 Å². The summed E-state index contributed by atoms with van der Waals surface area (Å²) < 4.78 is 5.00. The molecular formula is C9H10N2O2. The van der Waals surface area contributed by atoms with E-state index in [0.29, 0.717) is 5.71 Å². The van der Waals surface area contributed by atoms with Gasteiger partial charge in [-0.1, -0.05) is 5.16 Å². The lowest BCUT2D eigenvalue weighted by Gasteiger charge is -1.98. The van der Waals surface area contributed by atoms with Crippen LogP contribution in [0, 0.1) is 13.8 Å². The second-order valence-corrected chi connectivity index (χ2v) is 3.03. The molecule has 2 aromatic rings. The average Bonchev–Trinajstić information content (AvgIpc) is 2.46. The molecule has 2 aromatic heterocycles. The second-order valence-electron chi connectivity index (χ2n) is 3.03. The van der Waals surface area contributed by atoms with Crippen LogP contribution < -0.4 is 0 Å². The van der Waals surface area contributed by atoms with Crippen molar-refractivity contribution in [2.45, 2.75) is 20.5 Å². The zero-order valence-corrected chi connectivity index (χ0v) is 7.53. The van der Waals surface area contributed by atoms with Crippen molar-refractivity contribution in [3.05, 3.63) is 23.0 Å². The van der Waals surface area contributed by atoms with E-state index in [2.05, 4.69) is 10.1 Å². The molecule has 0 aromatic carbocycles. The van der Waals surface area contributed by atoms with Crippen LogP contribution in [0.4, 0.5) is 0 Å². The van der Waals surface area contributed by atoms with Gasteiger partial charge in [-0.25, -0.2) is 4.98 Å². The predicted molar refractivity (Wildman–Crippen MR) is 47.2 cm³/mol. The van der Waals surface area contributed by atoms with Crippen LogP contribution in [0.5, 0.6) is 0 Å². The topological polar surface area (TPSA) is 59.2 Å². The number of rotatable bonds is 1. The number of aliphatic hydroxyl groups is 1. The van der Waals surface area contributed by atoms with E-state index in [4.69, 9.17) is 9.63 Å². The van der Waals surface area contributed by atoms with Gasteiger partial charge >= 0.3 is 0 Å². The number of nitrogens with zero attached hydrogens (tertiary/aromatic N) is 2. The lowest BCUT2D eigenvalue weighted by atomic mass is 10.1. The highest BCUT2D eigenvalue weighted by Gasteiger charge is 2.10. The Labute approximate surface area is 75.2 Å². The molecule has 0 saturated carbocycles. The van der Waals surface area contributed by atoms with E-state index in [1.54, 1.807) is 0 Å². The quantitative estimate of drug-likeness (QED) is 0.715. The van der Waals surface area contributed by atoms with Crippen LogP contribution in [0.25, 0.3) is 11.1 Å². The van der Waals surface area contributed by atoms with Gasteiger partial charge in [0.25, 0.3) is 5.71 Å². The largest absolute Gasteiger partial charge is 0.392 e. The molecule has 0 unspecified atom stereocenters. The van der Waals surface area contributed by atoms with E-state index in [1.165, 1.54) is 0 Å². The fraction of sp³-hybridized carbons (Fsp3) is 0.333. The van der Waals surface area contributed by atoms with Gasteiger partial charge in [0.05, 0.1) is 17.7 Å². The summed E-state index contributed by atoms with van der Waals surface area (Å²) in [4.78, 5) is 4.16. The van der Waals surface area contributed by atoms with Crippen LogP contribution in [0.3, 0.4) is 0 Å². The number of hydrogen-bond acceptors (Lipinski definition) is 4. The predicted octanol–water partition coefficient (Wildman–Crippen LogP) is 1.33. The Bertz CT molecular complexity index is 448. The standard InChI is InChI=1S/C9H10N2O2/c1-5-3-7(4-12)8-6(2)11-13-9(8)10-5/h3,12H,4H2,1-2H3. The van der Waals surface area contributed by atoms with Gasteiger partial charge in [-0.3, -0.25) is 0 Å². The number of aromatic nitrogens is 2. The van der Waals surface area contributed by atoms with Crippen molar-refractivity contribution >= 4 is 11.1 Å². The Morgan fingerprint density at radius 3 is 2.92 bits per heavy atom. The van der Waals surface area contributed by atoms with Crippen molar-refractivity contribution in [1.82, 2.24) is 10.1 Å². The molecule has 4 nitrogen and oxygen atoms in total. The van der Waals surface area contributed by atoms with E-state index in [1.807, 2.05) is 19.9 Å². The zero-order valence-electron chi connectivity index (χ0n) is 7.53. The summed E-state index contributed by atoms with van der Waals surface area (Å²) in [6, 6.07) is 1.84. The summed E-state index contributed by atoms with van der Waals surface area (Å²) in [5.74, 6) is 0.